The van der Waals surface area contributed by atoms with Crippen LogP contribution in [0.3, 0.4) is 0 Å². The zero-order valence-electron chi connectivity index (χ0n) is 8.46. The minimum atomic E-state index is -0.0361. The van der Waals surface area contributed by atoms with E-state index in [1.807, 2.05) is 12.1 Å². The minimum Gasteiger partial charge on any atom is -0.485 e. The van der Waals surface area contributed by atoms with Crippen molar-refractivity contribution in [1.29, 1.82) is 0 Å². The van der Waals surface area contributed by atoms with E-state index in [4.69, 9.17) is 21.1 Å². The smallest absolute Gasteiger partial charge is 0.142 e. The van der Waals surface area contributed by atoms with Crippen LogP contribution in [-0.2, 0) is 11.2 Å². The Kier molecular flexibility index (Phi) is 2.15. The summed E-state index contributed by atoms with van der Waals surface area (Å²) in [4.78, 5) is 0. The number of hydrogen-bond donors (Lipinski definition) is 0. The van der Waals surface area contributed by atoms with E-state index in [1.54, 1.807) is 0 Å². The molecule has 0 radical (unpaired) electrons. The molecule has 0 aliphatic carbocycles. The van der Waals surface area contributed by atoms with Gasteiger partial charge in [-0.05, 0) is 11.6 Å². The molecule has 0 saturated carbocycles. The predicted octanol–water partition coefficient (Wildman–Crippen LogP) is 2.82. The highest BCUT2D eigenvalue weighted by Gasteiger charge is 2.41. The first-order valence-electron chi connectivity index (χ1n) is 5.33. The van der Waals surface area contributed by atoms with E-state index < -0.39 is 0 Å². The molecule has 0 bridgehead atoms. The van der Waals surface area contributed by atoms with Crippen molar-refractivity contribution in [2.45, 2.75) is 24.9 Å². The second kappa shape index (κ2) is 3.39. The molecular formula is C12H13ClO2. The first-order chi connectivity index (χ1) is 7.29. The van der Waals surface area contributed by atoms with Gasteiger partial charge in [-0.1, -0.05) is 23.7 Å². The molecule has 0 amide bonds. The monoisotopic (exact) mass is 224 g/mol. The Hall–Kier alpha value is -0.730. The molecule has 1 fully saturated rings. The van der Waals surface area contributed by atoms with Crippen molar-refractivity contribution >= 4 is 11.6 Å². The molecule has 1 saturated heterocycles. The molecule has 0 atom stereocenters. The van der Waals surface area contributed by atoms with Crippen LogP contribution in [0.15, 0.2) is 18.2 Å². The molecule has 80 valence electrons. The summed E-state index contributed by atoms with van der Waals surface area (Å²) in [5.74, 6) is 0.890. The fourth-order valence-corrected chi connectivity index (χ4v) is 2.66. The van der Waals surface area contributed by atoms with Gasteiger partial charge >= 0.3 is 0 Å². The lowest BCUT2D eigenvalue weighted by Crippen LogP contribution is -2.40. The maximum atomic E-state index is 6.12. The first-order valence-corrected chi connectivity index (χ1v) is 5.71. The van der Waals surface area contributed by atoms with E-state index in [-0.39, 0.29) is 5.60 Å². The van der Waals surface area contributed by atoms with Crippen LogP contribution in [0.4, 0.5) is 0 Å². The van der Waals surface area contributed by atoms with Crippen molar-refractivity contribution in [3.8, 4) is 5.75 Å². The molecule has 15 heavy (non-hydrogen) atoms. The molecule has 3 rings (SSSR count). The Labute approximate surface area is 94.1 Å². The van der Waals surface area contributed by atoms with Crippen molar-refractivity contribution in [3.63, 3.8) is 0 Å². The third-order valence-corrected chi connectivity index (χ3v) is 3.58. The van der Waals surface area contributed by atoms with Crippen LogP contribution >= 0.6 is 11.6 Å². The largest absolute Gasteiger partial charge is 0.485 e. The van der Waals surface area contributed by atoms with E-state index in [2.05, 4.69) is 6.07 Å². The third-order valence-electron chi connectivity index (χ3n) is 3.28. The number of rotatable bonds is 0. The van der Waals surface area contributed by atoms with Gasteiger partial charge in [0.25, 0.3) is 0 Å². The Balaban J connectivity index is 1.94. The van der Waals surface area contributed by atoms with Crippen LogP contribution in [0.1, 0.15) is 18.4 Å². The lowest BCUT2D eigenvalue weighted by Gasteiger charge is -2.32. The maximum Gasteiger partial charge on any atom is 0.142 e. The van der Waals surface area contributed by atoms with Gasteiger partial charge in [-0.15, -0.1) is 0 Å². The number of fused-ring (bicyclic) bond motifs is 1. The van der Waals surface area contributed by atoms with Crippen LogP contribution < -0.4 is 4.74 Å². The van der Waals surface area contributed by atoms with Crippen molar-refractivity contribution in [1.82, 2.24) is 0 Å². The summed E-state index contributed by atoms with van der Waals surface area (Å²) in [6.45, 7) is 1.59. The summed E-state index contributed by atoms with van der Waals surface area (Å²) < 4.78 is 11.4. The van der Waals surface area contributed by atoms with Crippen molar-refractivity contribution in [2.24, 2.45) is 0 Å². The Morgan fingerprint density at radius 2 is 2.00 bits per heavy atom. The summed E-state index contributed by atoms with van der Waals surface area (Å²) in [6, 6.07) is 5.98. The summed E-state index contributed by atoms with van der Waals surface area (Å²) >= 11 is 6.12. The van der Waals surface area contributed by atoms with Gasteiger partial charge in [0, 0.05) is 19.3 Å². The van der Waals surface area contributed by atoms with E-state index >= 15 is 0 Å². The average molecular weight is 225 g/mol. The highest BCUT2D eigenvalue weighted by Crippen LogP contribution is 2.44. The van der Waals surface area contributed by atoms with Crippen molar-refractivity contribution in [2.75, 3.05) is 13.2 Å². The number of hydrogen-bond acceptors (Lipinski definition) is 2. The molecule has 3 heteroatoms. The van der Waals surface area contributed by atoms with Crippen molar-refractivity contribution < 1.29 is 9.47 Å². The molecule has 2 aliphatic rings. The number of halogens is 1. The van der Waals surface area contributed by atoms with Crippen molar-refractivity contribution in [3.05, 3.63) is 28.8 Å². The fraction of sp³-hybridized carbons (Fsp3) is 0.500. The maximum absolute atomic E-state index is 6.12. The lowest BCUT2D eigenvalue weighted by atomic mass is 9.89. The Morgan fingerprint density at radius 3 is 2.73 bits per heavy atom. The van der Waals surface area contributed by atoms with Gasteiger partial charge in [0.2, 0.25) is 0 Å². The Bertz CT molecular complexity index is 383. The summed E-state index contributed by atoms with van der Waals surface area (Å²) in [7, 11) is 0. The zero-order valence-corrected chi connectivity index (χ0v) is 9.22. The van der Waals surface area contributed by atoms with Crippen LogP contribution in [0.2, 0.25) is 5.02 Å². The van der Waals surface area contributed by atoms with E-state index in [0.717, 1.165) is 43.2 Å². The molecule has 2 heterocycles. The second-order valence-electron chi connectivity index (χ2n) is 4.30. The summed E-state index contributed by atoms with van der Waals surface area (Å²) in [5, 5.41) is 0.732. The normalized spacial score (nSPS) is 22.5. The molecule has 2 aliphatic heterocycles. The van der Waals surface area contributed by atoms with Gasteiger partial charge < -0.3 is 9.47 Å². The highest BCUT2D eigenvalue weighted by atomic mass is 35.5. The standard InChI is InChI=1S/C12H13ClO2/c13-10-3-1-2-9-8-12(15-11(9)10)4-6-14-7-5-12/h1-3H,4-8H2. The van der Waals surface area contributed by atoms with Crippen LogP contribution in [0.5, 0.6) is 5.75 Å². The average Bonchev–Trinajstić information content (AvgIpc) is 2.59. The number of ether oxygens (including phenoxy) is 2. The molecule has 1 spiro atoms. The van der Waals surface area contributed by atoms with Gasteiger partial charge in [-0.2, -0.15) is 0 Å². The van der Waals surface area contributed by atoms with Crippen LogP contribution in [0, 0.1) is 0 Å². The van der Waals surface area contributed by atoms with Gasteiger partial charge in [-0.3, -0.25) is 0 Å². The minimum absolute atomic E-state index is 0.0361. The quantitative estimate of drug-likeness (QED) is 0.675. The fourth-order valence-electron chi connectivity index (χ4n) is 2.43. The Morgan fingerprint density at radius 1 is 1.20 bits per heavy atom. The molecule has 0 aromatic heterocycles. The molecular weight excluding hydrogens is 212 g/mol. The molecule has 0 N–H and O–H groups in total. The molecule has 1 aromatic rings. The molecule has 2 nitrogen and oxygen atoms in total. The van der Waals surface area contributed by atoms with Gasteiger partial charge in [-0.25, -0.2) is 0 Å². The molecule has 0 unspecified atom stereocenters. The van der Waals surface area contributed by atoms with Gasteiger partial charge in [0.05, 0.1) is 18.2 Å². The van der Waals surface area contributed by atoms with Gasteiger partial charge in [0.15, 0.2) is 0 Å². The predicted molar refractivity (Wildman–Crippen MR) is 58.6 cm³/mol. The number of para-hydroxylation sites is 1. The van der Waals surface area contributed by atoms with E-state index in [9.17, 15) is 0 Å². The van der Waals surface area contributed by atoms with E-state index in [0.29, 0.717) is 0 Å². The summed E-state index contributed by atoms with van der Waals surface area (Å²) in [5.41, 5.74) is 1.20. The SMILES string of the molecule is Clc1cccc2c1OC1(CCOCC1)C2. The second-order valence-corrected chi connectivity index (χ2v) is 4.71. The first kappa shape index (κ1) is 9.49. The van der Waals surface area contributed by atoms with Crippen LogP contribution in [0.25, 0.3) is 0 Å². The number of benzene rings is 1. The van der Waals surface area contributed by atoms with Gasteiger partial charge in [0.1, 0.15) is 11.4 Å². The van der Waals surface area contributed by atoms with Crippen LogP contribution in [-0.4, -0.2) is 18.8 Å². The zero-order chi connectivity index (χ0) is 10.3. The topological polar surface area (TPSA) is 18.5 Å². The third kappa shape index (κ3) is 1.52. The lowest BCUT2D eigenvalue weighted by molar-refractivity contribution is -0.0329. The summed E-state index contributed by atoms with van der Waals surface area (Å²) in [6.07, 6.45) is 2.92. The highest BCUT2D eigenvalue weighted by molar-refractivity contribution is 6.32. The van der Waals surface area contributed by atoms with E-state index in [1.165, 1.54) is 5.56 Å². The molecule has 1 aromatic carbocycles.